The van der Waals surface area contributed by atoms with E-state index in [-0.39, 0.29) is 0 Å². The Labute approximate surface area is 208 Å². The monoisotopic (exact) mass is 479 g/mol. The van der Waals surface area contributed by atoms with Gasteiger partial charge in [-0.25, -0.2) is 4.98 Å². The fourth-order valence-corrected chi connectivity index (χ4v) is 4.81. The number of anilines is 2. The third-order valence-corrected chi connectivity index (χ3v) is 6.74. The van der Waals surface area contributed by atoms with Gasteiger partial charge < -0.3 is 29.7 Å². The van der Waals surface area contributed by atoms with Crippen LogP contribution in [0.1, 0.15) is 31.2 Å². The van der Waals surface area contributed by atoms with Gasteiger partial charge in [-0.2, -0.15) is 4.98 Å². The van der Waals surface area contributed by atoms with Crippen LogP contribution in [0, 0.1) is 5.92 Å². The van der Waals surface area contributed by atoms with Crippen LogP contribution < -0.4 is 29.7 Å². The second-order valence-corrected chi connectivity index (χ2v) is 9.29. The number of hydrogen-bond acceptors (Lipinski definition) is 8. The Bertz CT molecular complexity index is 1100. The van der Waals surface area contributed by atoms with Gasteiger partial charge in [-0.15, -0.1) is 0 Å². The minimum atomic E-state index is 0.393. The molecule has 0 bridgehead atoms. The Morgan fingerprint density at radius 2 is 1.60 bits per heavy atom. The fraction of sp³-hybridized carbons (Fsp3) is 0.481. The predicted molar refractivity (Wildman–Crippen MR) is 141 cm³/mol. The maximum absolute atomic E-state index is 5.57. The lowest BCUT2D eigenvalue weighted by atomic mass is 9.86. The van der Waals surface area contributed by atoms with Gasteiger partial charge in [0.05, 0.1) is 32.4 Å². The summed E-state index contributed by atoms with van der Waals surface area (Å²) in [7, 11) is 9.03. The van der Waals surface area contributed by atoms with Gasteiger partial charge in [0.2, 0.25) is 5.95 Å². The lowest BCUT2D eigenvalue weighted by molar-refractivity contribution is 0.320. The molecule has 1 aliphatic carbocycles. The van der Waals surface area contributed by atoms with Gasteiger partial charge in [0.25, 0.3) is 0 Å². The number of para-hydroxylation sites is 1. The van der Waals surface area contributed by atoms with Crippen LogP contribution in [0.5, 0.6) is 17.2 Å². The maximum atomic E-state index is 5.57. The van der Waals surface area contributed by atoms with Crippen molar-refractivity contribution in [2.75, 3.05) is 52.2 Å². The average molecular weight is 480 g/mol. The van der Waals surface area contributed by atoms with Gasteiger partial charge in [0.1, 0.15) is 23.1 Å². The molecule has 1 aliphatic rings. The van der Waals surface area contributed by atoms with Crippen molar-refractivity contribution >= 4 is 22.7 Å². The molecule has 1 saturated carbocycles. The van der Waals surface area contributed by atoms with Crippen LogP contribution in [-0.2, 0) is 6.54 Å². The van der Waals surface area contributed by atoms with E-state index in [4.69, 9.17) is 24.2 Å². The maximum Gasteiger partial charge on any atom is 0.225 e. The molecule has 188 valence electrons. The number of nitrogens with zero attached hydrogens (tertiary/aromatic N) is 3. The molecule has 0 spiro atoms. The van der Waals surface area contributed by atoms with Gasteiger partial charge in [0, 0.05) is 44.2 Å². The van der Waals surface area contributed by atoms with E-state index in [1.165, 1.54) is 0 Å². The summed E-state index contributed by atoms with van der Waals surface area (Å²) in [6, 6.07) is 12.4. The largest absolute Gasteiger partial charge is 0.496 e. The molecular weight excluding hydrogens is 442 g/mol. The van der Waals surface area contributed by atoms with E-state index in [0.29, 0.717) is 24.5 Å². The molecule has 1 aromatic heterocycles. The van der Waals surface area contributed by atoms with Gasteiger partial charge in [-0.3, -0.25) is 0 Å². The van der Waals surface area contributed by atoms with Crippen molar-refractivity contribution in [1.82, 2.24) is 15.3 Å². The molecule has 8 nitrogen and oxygen atoms in total. The van der Waals surface area contributed by atoms with Crippen LogP contribution in [0.15, 0.2) is 36.4 Å². The molecule has 0 saturated heterocycles. The molecule has 0 unspecified atom stereocenters. The summed E-state index contributed by atoms with van der Waals surface area (Å²) in [6.45, 7) is 1.65. The zero-order chi connectivity index (χ0) is 24.8. The van der Waals surface area contributed by atoms with Crippen LogP contribution in [0.25, 0.3) is 10.9 Å². The highest BCUT2D eigenvalue weighted by Gasteiger charge is 2.22. The minimum Gasteiger partial charge on any atom is -0.496 e. The molecule has 4 rings (SSSR count). The first-order chi connectivity index (χ1) is 17.0. The zero-order valence-corrected chi connectivity index (χ0v) is 21.4. The molecular formula is C27H37N5O3. The lowest BCUT2D eigenvalue weighted by Gasteiger charge is -2.29. The Balaban J connectivity index is 1.31. The predicted octanol–water partition coefficient (Wildman–Crippen LogP) is 4.48. The molecule has 35 heavy (non-hydrogen) atoms. The second-order valence-electron chi connectivity index (χ2n) is 9.29. The SMILES string of the molecule is COc1cc(OC)c(CNC[C@H]2CC[C@@H](Nc3nc(N(C)C)c4ccccc4n3)CC2)c(OC)c1. The van der Waals surface area contributed by atoms with E-state index < -0.39 is 0 Å². The number of fused-ring (bicyclic) bond motifs is 1. The molecule has 0 radical (unpaired) electrons. The first-order valence-corrected chi connectivity index (χ1v) is 12.2. The highest BCUT2D eigenvalue weighted by atomic mass is 16.5. The van der Waals surface area contributed by atoms with Crippen molar-refractivity contribution in [3.05, 3.63) is 42.0 Å². The number of rotatable bonds is 10. The molecule has 1 heterocycles. The molecule has 0 atom stereocenters. The molecule has 1 fully saturated rings. The van der Waals surface area contributed by atoms with E-state index in [1.807, 2.05) is 49.3 Å². The summed E-state index contributed by atoms with van der Waals surface area (Å²) < 4.78 is 16.5. The molecule has 0 amide bonds. The quantitative estimate of drug-likeness (QED) is 0.441. The molecule has 2 N–H and O–H groups in total. The Morgan fingerprint density at radius 1 is 0.914 bits per heavy atom. The second kappa shape index (κ2) is 11.4. The van der Waals surface area contributed by atoms with E-state index in [1.54, 1.807) is 21.3 Å². The highest BCUT2D eigenvalue weighted by Crippen LogP contribution is 2.34. The Morgan fingerprint density at radius 3 is 2.23 bits per heavy atom. The number of ether oxygens (including phenoxy) is 3. The van der Waals surface area contributed by atoms with E-state index in [2.05, 4.69) is 16.7 Å². The van der Waals surface area contributed by atoms with Crippen LogP contribution in [-0.4, -0.2) is 58.0 Å². The number of nitrogens with one attached hydrogen (secondary N) is 2. The summed E-state index contributed by atoms with van der Waals surface area (Å²) in [5, 5.41) is 8.28. The van der Waals surface area contributed by atoms with Crippen molar-refractivity contribution in [2.45, 2.75) is 38.3 Å². The number of aromatic nitrogens is 2. The van der Waals surface area contributed by atoms with Crippen molar-refractivity contribution in [2.24, 2.45) is 5.92 Å². The van der Waals surface area contributed by atoms with Gasteiger partial charge in [-0.05, 0) is 50.3 Å². The Kier molecular flexibility index (Phi) is 8.13. The van der Waals surface area contributed by atoms with Crippen molar-refractivity contribution in [3.8, 4) is 17.2 Å². The van der Waals surface area contributed by atoms with Crippen LogP contribution >= 0.6 is 0 Å². The fourth-order valence-electron chi connectivity index (χ4n) is 4.81. The molecule has 0 aliphatic heterocycles. The summed E-state index contributed by atoms with van der Waals surface area (Å²) in [5.41, 5.74) is 1.98. The highest BCUT2D eigenvalue weighted by molar-refractivity contribution is 5.90. The van der Waals surface area contributed by atoms with Crippen molar-refractivity contribution < 1.29 is 14.2 Å². The first-order valence-electron chi connectivity index (χ1n) is 12.2. The smallest absolute Gasteiger partial charge is 0.225 e. The van der Waals surface area contributed by atoms with Gasteiger partial charge >= 0.3 is 0 Å². The third-order valence-electron chi connectivity index (χ3n) is 6.74. The summed E-state index contributed by atoms with van der Waals surface area (Å²) in [4.78, 5) is 11.6. The van der Waals surface area contributed by atoms with E-state index in [0.717, 1.165) is 71.8 Å². The molecule has 3 aromatic rings. The van der Waals surface area contributed by atoms with Crippen molar-refractivity contribution in [3.63, 3.8) is 0 Å². The van der Waals surface area contributed by atoms with Gasteiger partial charge in [-0.1, -0.05) is 12.1 Å². The third kappa shape index (κ3) is 5.88. The number of benzene rings is 2. The zero-order valence-electron chi connectivity index (χ0n) is 21.4. The van der Waals surface area contributed by atoms with Crippen molar-refractivity contribution in [1.29, 1.82) is 0 Å². The summed E-state index contributed by atoms with van der Waals surface area (Å²) >= 11 is 0. The lowest BCUT2D eigenvalue weighted by Crippen LogP contribution is -2.31. The number of hydrogen-bond donors (Lipinski definition) is 2. The molecule has 8 heteroatoms. The van der Waals surface area contributed by atoms with E-state index >= 15 is 0 Å². The first kappa shape index (κ1) is 24.9. The van der Waals surface area contributed by atoms with Crippen LogP contribution in [0.2, 0.25) is 0 Å². The van der Waals surface area contributed by atoms with Gasteiger partial charge in [0.15, 0.2) is 0 Å². The van der Waals surface area contributed by atoms with Crippen LogP contribution in [0.3, 0.4) is 0 Å². The normalized spacial score (nSPS) is 17.7. The Hall–Kier alpha value is -3.26. The standard InChI is InChI=1S/C27H37N5O3/c1-32(2)26-21-8-6-7-9-23(21)30-27(31-26)29-19-12-10-18(11-13-19)16-28-17-22-24(34-4)14-20(33-3)15-25(22)35-5/h6-9,14-15,18-19,28H,10-13,16-17H2,1-5H3,(H,29,30,31)/t18-,19+. The summed E-state index contributed by atoms with van der Waals surface area (Å²) in [5.74, 6) is 4.57. The van der Waals surface area contributed by atoms with Crippen LogP contribution in [0.4, 0.5) is 11.8 Å². The summed E-state index contributed by atoms with van der Waals surface area (Å²) in [6.07, 6.45) is 4.54. The average Bonchev–Trinajstić information content (AvgIpc) is 2.88. The topological polar surface area (TPSA) is 80.8 Å². The number of methoxy groups -OCH3 is 3. The minimum absolute atomic E-state index is 0.393. The van der Waals surface area contributed by atoms with E-state index in [9.17, 15) is 0 Å². The molecule has 2 aromatic carbocycles.